The van der Waals surface area contributed by atoms with Crippen LogP contribution in [0.3, 0.4) is 0 Å². The molecule has 3 rings (SSSR count). The van der Waals surface area contributed by atoms with Crippen LogP contribution in [0.4, 0.5) is 5.69 Å². The lowest BCUT2D eigenvalue weighted by molar-refractivity contribution is -0.148. The fourth-order valence-corrected chi connectivity index (χ4v) is 2.60. The first kappa shape index (κ1) is 18.1. The molecule has 138 valence electrons. The van der Waals surface area contributed by atoms with Gasteiger partial charge in [0.25, 0.3) is 17.0 Å². The highest BCUT2D eigenvalue weighted by Gasteiger charge is 2.12. The van der Waals surface area contributed by atoms with Crippen LogP contribution in [0.15, 0.2) is 58.1 Å². The fourth-order valence-electron chi connectivity index (χ4n) is 2.60. The number of rotatable bonds is 5. The second-order valence-electron chi connectivity index (χ2n) is 5.96. The Labute approximate surface area is 153 Å². The molecule has 2 aromatic carbocycles. The van der Waals surface area contributed by atoms with E-state index in [2.05, 4.69) is 10.4 Å². The Morgan fingerprint density at radius 1 is 1.07 bits per heavy atom. The molecule has 0 spiro atoms. The standard InChI is InChI=1S/C19H17N3O5/c1-12-5-4-6-13(9-12)20-16(23)11-27-17(24)10-22-19(26)15-8-3-2-7-14(15)18(25)21-22/h2-9H,10-11H2,1H3,(H,20,23)(H,21,25). The summed E-state index contributed by atoms with van der Waals surface area (Å²) in [5, 5.41) is 5.38. The maximum atomic E-state index is 12.3. The predicted octanol–water partition coefficient (Wildman–Crippen LogP) is 1.18. The minimum absolute atomic E-state index is 0.200. The molecular weight excluding hydrogens is 350 g/mol. The highest BCUT2D eigenvalue weighted by atomic mass is 16.5. The smallest absolute Gasteiger partial charge is 0.328 e. The van der Waals surface area contributed by atoms with E-state index in [0.717, 1.165) is 10.2 Å². The average molecular weight is 367 g/mol. The van der Waals surface area contributed by atoms with Gasteiger partial charge in [-0.15, -0.1) is 0 Å². The Morgan fingerprint density at radius 2 is 1.81 bits per heavy atom. The number of nitrogens with one attached hydrogen (secondary N) is 2. The van der Waals surface area contributed by atoms with E-state index in [0.29, 0.717) is 5.69 Å². The van der Waals surface area contributed by atoms with Gasteiger partial charge in [0.05, 0.1) is 10.8 Å². The van der Waals surface area contributed by atoms with E-state index in [9.17, 15) is 19.2 Å². The average Bonchev–Trinajstić information content (AvgIpc) is 2.64. The SMILES string of the molecule is Cc1cccc(NC(=O)COC(=O)Cn2[nH]c(=O)c3ccccc3c2=O)c1. The number of ether oxygens (including phenoxy) is 1. The number of hydrogen-bond donors (Lipinski definition) is 2. The van der Waals surface area contributed by atoms with Gasteiger partial charge in [-0.05, 0) is 36.8 Å². The van der Waals surface area contributed by atoms with Gasteiger partial charge in [0.15, 0.2) is 6.61 Å². The minimum atomic E-state index is -0.817. The van der Waals surface area contributed by atoms with Crippen LogP contribution in [-0.4, -0.2) is 28.3 Å². The van der Waals surface area contributed by atoms with Crippen molar-refractivity contribution in [3.63, 3.8) is 0 Å². The quantitative estimate of drug-likeness (QED) is 0.658. The molecule has 0 saturated heterocycles. The largest absolute Gasteiger partial charge is 0.454 e. The van der Waals surface area contributed by atoms with Crippen LogP contribution in [0.2, 0.25) is 0 Å². The number of aromatic amines is 1. The first-order valence-electron chi connectivity index (χ1n) is 8.18. The highest BCUT2D eigenvalue weighted by molar-refractivity contribution is 5.92. The molecule has 0 radical (unpaired) electrons. The lowest BCUT2D eigenvalue weighted by Gasteiger charge is -2.09. The van der Waals surface area contributed by atoms with Crippen LogP contribution in [-0.2, 0) is 20.9 Å². The van der Waals surface area contributed by atoms with Gasteiger partial charge in [0, 0.05) is 5.69 Å². The van der Waals surface area contributed by atoms with Crippen molar-refractivity contribution in [1.82, 2.24) is 9.78 Å². The second-order valence-corrected chi connectivity index (χ2v) is 5.96. The topological polar surface area (TPSA) is 110 Å². The Kier molecular flexibility index (Phi) is 5.16. The lowest BCUT2D eigenvalue weighted by Crippen LogP contribution is -2.33. The molecule has 2 N–H and O–H groups in total. The molecule has 1 heterocycles. The number of amides is 1. The minimum Gasteiger partial charge on any atom is -0.454 e. The van der Waals surface area contributed by atoms with Gasteiger partial charge >= 0.3 is 5.97 Å². The third kappa shape index (κ3) is 4.30. The number of anilines is 1. The molecule has 1 amide bonds. The second kappa shape index (κ2) is 7.69. The van der Waals surface area contributed by atoms with Crippen LogP contribution in [0.1, 0.15) is 5.56 Å². The summed E-state index contributed by atoms with van der Waals surface area (Å²) in [6.45, 7) is 0.883. The lowest BCUT2D eigenvalue weighted by atomic mass is 10.2. The summed E-state index contributed by atoms with van der Waals surface area (Å²) in [6, 6.07) is 13.5. The Bertz CT molecular complexity index is 1130. The van der Waals surface area contributed by atoms with E-state index in [1.807, 2.05) is 13.0 Å². The van der Waals surface area contributed by atoms with E-state index in [1.54, 1.807) is 30.3 Å². The molecule has 0 unspecified atom stereocenters. The summed E-state index contributed by atoms with van der Waals surface area (Å²) in [4.78, 5) is 48.1. The van der Waals surface area contributed by atoms with E-state index < -0.39 is 36.1 Å². The third-order valence-electron chi connectivity index (χ3n) is 3.84. The van der Waals surface area contributed by atoms with Gasteiger partial charge in [-0.2, -0.15) is 0 Å². The Morgan fingerprint density at radius 3 is 2.56 bits per heavy atom. The van der Waals surface area contributed by atoms with Gasteiger partial charge < -0.3 is 10.1 Å². The van der Waals surface area contributed by atoms with Crippen LogP contribution in [0.25, 0.3) is 10.8 Å². The summed E-state index contributed by atoms with van der Waals surface area (Å²) in [5.41, 5.74) is 0.553. The number of H-pyrrole nitrogens is 1. The monoisotopic (exact) mass is 367 g/mol. The number of carbonyl (C=O) groups excluding carboxylic acids is 2. The van der Waals surface area contributed by atoms with Crippen molar-refractivity contribution in [2.24, 2.45) is 0 Å². The summed E-state index contributed by atoms with van der Waals surface area (Å²) in [5.74, 6) is -1.32. The zero-order valence-corrected chi connectivity index (χ0v) is 14.5. The number of esters is 1. The predicted molar refractivity (Wildman–Crippen MR) is 99.6 cm³/mol. The molecule has 0 aliphatic carbocycles. The molecule has 0 aliphatic rings. The van der Waals surface area contributed by atoms with E-state index in [4.69, 9.17) is 4.74 Å². The molecule has 0 aliphatic heterocycles. The number of carbonyl (C=O) groups is 2. The number of hydrogen-bond acceptors (Lipinski definition) is 5. The maximum absolute atomic E-state index is 12.3. The number of fused-ring (bicyclic) bond motifs is 1. The fraction of sp³-hybridized carbons (Fsp3) is 0.158. The summed E-state index contributed by atoms with van der Waals surface area (Å²) in [6.07, 6.45) is 0. The van der Waals surface area contributed by atoms with Crippen LogP contribution in [0.5, 0.6) is 0 Å². The first-order valence-corrected chi connectivity index (χ1v) is 8.18. The molecular formula is C19H17N3O5. The van der Waals surface area contributed by atoms with Crippen LogP contribution in [0, 0.1) is 6.92 Å². The molecule has 0 atom stereocenters. The first-order chi connectivity index (χ1) is 12.9. The van der Waals surface area contributed by atoms with Crippen molar-refractivity contribution in [2.75, 3.05) is 11.9 Å². The molecule has 0 fully saturated rings. The number of nitrogens with zero attached hydrogens (tertiary/aromatic N) is 1. The highest BCUT2D eigenvalue weighted by Crippen LogP contribution is 2.09. The molecule has 27 heavy (non-hydrogen) atoms. The number of aryl methyl sites for hydroxylation is 1. The van der Waals surface area contributed by atoms with Gasteiger partial charge in [-0.25, -0.2) is 4.68 Å². The Balaban J connectivity index is 1.64. The summed E-state index contributed by atoms with van der Waals surface area (Å²) in [7, 11) is 0. The molecule has 8 nitrogen and oxygen atoms in total. The normalized spacial score (nSPS) is 10.6. The van der Waals surface area contributed by atoms with E-state index >= 15 is 0 Å². The Hall–Kier alpha value is -3.68. The summed E-state index contributed by atoms with van der Waals surface area (Å²) >= 11 is 0. The molecule has 3 aromatic rings. The number of aromatic nitrogens is 2. The molecule has 1 aromatic heterocycles. The number of benzene rings is 2. The van der Waals surface area contributed by atoms with Gasteiger partial charge in [-0.1, -0.05) is 24.3 Å². The van der Waals surface area contributed by atoms with Gasteiger partial charge in [0.2, 0.25) is 0 Å². The zero-order chi connectivity index (χ0) is 19.4. The van der Waals surface area contributed by atoms with Crippen molar-refractivity contribution in [2.45, 2.75) is 13.5 Å². The van der Waals surface area contributed by atoms with Crippen molar-refractivity contribution in [1.29, 1.82) is 0 Å². The molecule has 0 saturated carbocycles. The van der Waals surface area contributed by atoms with E-state index in [1.165, 1.54) is 12.1 Å². The third-order valence-corrected chi connectivity index (χ3v) is 3.84. The van der Waals surface area contributed by atoms with Gasteiger partial charge in [0.1, 0.15) is 6.54 Å². The van der Waals surface area contributed by atoms with Gasteiger partial charge in [-0.3, -0.25) is 24.3 Å². The van der Waals surface area contributed by atoms with E-state index in [-0.39, 0.29) is 10.8 Å². The maximum Gasteiger partial charge on any atom is 0.328 e. The van der Waals surface area contributed by atoms with Crippen LogP contribution >= 0.6 is 0 Å². The molecule has 0 bridgehead atoms. The van der Waals surface area contributed by atoms with Crippen molar-refractivity contribution in [3.8, 4) is 0 Å². The zero-order valence-electron chi connectivity index (χ0n) is 14.5. The summed E-state index contributed by atoms with van der Waals surface area (Å²) < 4.78 is 5.75. The van der Waals surface area contributed by atoms with Crippen LogP contribution < -0.4 is 16.4 Å². The van der Waals surface area contributed by atoms with Crippen molar-refractivity contribution >= 4 is 28.3 Å². The van der Waals surface area contributed by atoms with Crippen molar-refractivity contribution < 1.29 is 14.3 Å². The van der Waals surface area contributed by atoms with Crippen molar-refractivity contribution in [3.05, 3.63) is 74.8 Å². The molecule has 8 heteroatoms.